The van der Waals surface area contributed by atoms with E-state index in [9.17, 15) is 9.59 Å². The summed E-state index contributed by atoms with van der Waals surface area (Å²) in [6, 6.07) is 23.1. The zero-order valence-electron chi connectivity index (χ0n) is 19.9. The summed E-state index contributed by atoms with van der Waals surface area (Å²) >= 11 is 1.27. The van der Waals surface area contributed by atoms with Crippen LogP contribution in [0.1, 0.15) is 50.7 Å². The van der Waals surface area contributed by atoms with Gasteiger partial charge in [-0.1, -0.05) is 81.9 Å². The number of nitrogens with zero attached hydrogens (tertiary/aromatic N) is 2. The minimum atomic E-state index is -0.145. The Labute approximate surface area is 204 Å². The molecule has 1 amide bonds. The number of aromatic nitrogens is 2. The number of para-hydroxylation sites is 2. The highest BCUT2D eigenvalue weighted by Gasteiger charge is 2.18. The average molecular weight is 472 g/mol. The molecule has 1 heterocycles. The summed E-state index contributed by atoms with van der Waals surface area (Å²) < 4.78 is 1.65. The Bertz CT molecular complexity index is 1370. The first-order valence-corrected chi connectivity index (χ1v) is 12.5. The predicted molar refractivity (Wildman–Crippen MR) is 141 cm³/mol. The van der Waals surface area contributed by atoms with E-state index in [2.05, 4.69) is 33.0 Å². The smallest absolute Gasteiger partial charge is 0.266 e. The lowest BCUT2D eigenvalue weighted by atomic mass is 10.0. The maximum absolute atomic E-state index is 13.6. The van der Waals surface area contributed by atoms with Crippen LogP contribution in [-0.2, 0) is 4.79 Å². The molecule has 0 atom stereocenters. The van der Waals surface area contributed by atoms with Crippen molar-refractivity contribution >= 4 is 34.3 Å². The molecule has 0 aliphatic carbocycles. The number of carbonyl (C=O) groups excluding carboxylic acids is 1. The molecular formula is C28H29N3O2S. The zero-order valence-corrected chi connectivity index (χ0v) is 20.7. The van der Waals surface area contributed by atoms with Gasteiger partial charge in [0.05, 0.1) is 22.3 Å². The summed E-state index contributed by atoms with van der Waals surface area (Å²) in [6.45, 7) is 8.47. The molecule has 1 aromatic heterocycles. The maximum Gasteiger partial charge on any atom is 0.266 e. The molecule has 4 aromatic rings. The molecule has 0 unspecified atom stereocenters. The van der Waals surface area contributed by atoms with E-state index in [-0.39, 0.29) is 23.1 Å². The van der Waals surface area contributed by atoms with Crippen molar-refractivity contribution < 1.29 is 4.79 Å². The Kier molecular flexibility index (Phi) is 7.17. The van der Waals surface area contributed by atoms with Crippen molar-refractivity contribution in [2.45, 2.75) is 44.7 Å². The van der Waals surface area contributed by atoms with Crippen molar-refractivity contribution in [2.24, 2.45) is 0 Å². The van der Waals surface area contributed by atoms with Crippen molar-refractivity contribution in [3.63, 3.8) is 0 Å². The fourth-order valence-corrected chi connectivity index (χ4v) is 4.69. The summed E-state index contributed by atoms with van der Waals surface area (Å²) in [7, 11) is 0. The summed E-state index contributed by atoms with van der Waals surface area (Å²) in [5.74, 6) is 0.656. The normalized spacial score (nSPS) is 11.4. The molecule has 0 aliphatic heterocycles. The third-order valence-electron chi connectivity index (χ3n) is 5.74. The van der Waals surface area contributed by atoms with Crippen molar-refractivity contribution in [1.82, 2.24) is 9.55 Å². The van der Waals surface area contributed by atoms with Crippen LogP contribution in [0.2, 0.25) is 0 Å². The van der Waals surface area contributed by atoms with E-state index in [4.69, 9.17) is 4.98 Å². The number of thioether (sulfide) groups is 1. The molecule has 3 aromatic carbocycles. The van der Waals surface area contributed by atoms with Gasteiger partial charge in [-0.15, -0.1) is 0 Å². The van der Waals surface area contributed by atoms with E-state index in [0.717, 1.165) is 16.9 Å². The van der Waals surface area contributed by atoms with Crippen LogP contribution in [-0.4, -0.2) is 21.2 Å². The van der Waals surface area contributed by atoms with Gasteiger partial charge in [-0.3, -0.25) is 14.2 Å². The number of benzene rings is 3. The lowest BCUT2D eigenvalue weighted by Crippen LogP contribution is -2.24. The van der Waals surface area contributed by atoms with Crippen LogP contribution in [0.15, 0.2) is 82.7 Å². The number of nitrogens with one attached hydrogen (secondary N) is 1. The van der Waals surface area contributed by atoms with E-state index in [1.807, 2.05) is 66.7 Å². The van der Waals surface area contributed by atoms with Gasteiger partial charge >= 0.3 is 0 Å². The molecule has 0 fully saturated rings. The minimum absolute atomic E-state index is 0.133. The number of amides is 1. The first-order chi connectivity index (χ1) is 16.3. The third-order valence-corrected chi connectivity index (χ3v) is 6.68. The van der Waals surface area contributed by atoms with Gasteiger partial charge in [0.25, 0.3) is 5.56 Å². The first kappa shape index (κ1) is 23.8. The molecule has 1 N–H and O–H groups in total. The Morgan fingerprint density at radius 2 is 1.59 bits per heavy atom. The predicted octanol–water partition coefficient (Wildman–Crippen LogP) is 6.36. The van der Waals surface area contributed by atoms with Gasteiger partial charge in [0, 0.05) is 5.69 Å². The molecule has 34 heavy (non-hydrogen) atoms. The van der Waals surface area contributed by atoms with Crippen LogP contribution in [0, 0.1) is 0 Å². The second kappa shape index (κ2) is 10.3. The summed E-state index contributed by atoms with van der Waals surface area (Å²) in [5.41, 5.74) is 4.32. The van der Waals surface area contributed by atoms with E-state index in [1.165, 1.54) is 17.3 Å². The van der Waals surface area contributed by atoms with E-state index < -0.39 is 0 Å². The van der Waals surface area contributed by atoms with Gasteiger partial charge < -0.3 is 5.32 Å². The fraction of sp³-hybridized carbons (Fsp3) is 0.250. The molecule has 174 valence electrons. The van der Waals surface area contributed by atoms with E-state index >= 15 is 0 Å². The topological polar surface area (TPSA) is 64.0 Å². The number of anilines is 1. The number of rotatable bonds is 7. The standard InChI is InChI=1S/C28H29N3O2S/c1-18(2)20-13-15-21(16-14-20)29-26(32)17-34-28-30-24-11-7-5-10-23(24)27(33)31(28)25-12-8-6-9-22(25)19(3)4/h5-16,18-19H,17H2,1-4H3,(H,29,32). The lowest BCUT2D eigenvalue weighted by molar-refractivity contribution is -0.113. The lowest BCUT2D eigenvalue weighted by Gasteiger charge is -2.18. The van der Waals surface area contributed by atoms with E-state index in [1.54, 1.807) is 10.6 Å². The molecule has 0 saturated heterocycles. The molecular weight excluding hydrogens is 442 g/mol. The van der Waals surface area contributed by atoms with Crippen LogP contribution >= 0.6 is 11.8 Å². The van der Waals surface area contributed by atoms with Crippen LogP contribution in [0.25, 0.3) is 16.6 Å². The molecule has 4 rings (SSSR count). The highest BCUT2D eigenvalue weighted by atomic mass is 32.2. The summed E-state index contributed by atoms with van der Waals surface area (Å²) in [6.07, 6.45) is 0. The van der Waals surface area contributed by atoms with Gasteiger partial charge in [0.2, 0.25) is 5.91 Å². The van der Waals surface area contributed by atoms with Gasteiger partial charge in [0.15, 0.2) is 5.16 Å². The quantitative estimate of drug-likeness (QED) is 0.251. The highest BCUT2D eigenvalue weighted by Crippen LogP contribution is 2.27. The second-order valence-corrected chi connectivity index (χ2v) is 9.82. The van der Waals surface area contributed by atoms with Gasteiger partial charge in [-0.05, 0) is 53.3 Å². The number of fused-ring (bicyclic) bond motifs is 1. The van der Waals surface area contributed by atoms with Crippen molar-refractivity contribution in [3.8, 4) is 5.69 Å². The highest BCUT2D eigenvalue weighted by molar-refractivity contribution is 7.99. The Morgan fingerprint density at radius 3 is 2.29 bits per heavy atom. The maximum atomic E-state index is 13.6. The van der Waals surface area contributed by atoms with Gasteiger partial charge in [-0.25, -0.2) is 4.98 Å². The monoisotopic (exact) mass is 471 g/mol. The van der Waals surface area contributed by atoms with Crippen LogP contribution in [0.5, 0.6) is 0 Å². The number of hydrogen-bond donors (Lipinski definition) is 1. The number of carbonyl (C=O) groups is 1. The van der Waals surface area contributed by atoms with Gasteiger partial charge in [0.1, 0.15) is 0 Å². The molecule has 5 nitrogen and oxygen atoms in total. The summed E-state index contributed by atoms with van der Waals surface area (Å²) in [4.78, 5) is 31.1. The molecule has 0 radical (unpaired) electrons. The van der Waals surface area contributed by atoms with Crippen molar-refractivity contribution in [2.75, 3.05) is 11.1 Å². The molecule has 0 aliphatic rings. The Hall–Kier alpha value is -3.38. The Balaban J connectivity index is 1.66. The van der Waals surface area contributed by atoms with Gasteiger partial charge in [-0.2, -0.15) is 0 Å². The van der Waals surface area contributed by atoms with Crippen molar-refractivity contribution in [3.05, 3.63) is 94.3 Å². The fourth-order valence-electron chi connectivity index (χ4n) is 3.88. The minimum Gasteiger partial charge on any atom is -0.325 e. The molecule has 0 bridgehead atoms. The van der Waals surface area contributed by atoms with Crippen LogP contribution < -0.4 is 10.9 Å². The molecule has 0 spiro atoms. The average Bonchev–Trinajstić information content (AvgIpc) is 2.83. The van der Waals surface area contributed by atoms with Crippen LogP contribution in [0.3, 0.4) is 0 Å². The van der Waals surface area contributed by atoms with Crippen LogP contribution in [0.4, 0.5) is 5.69 Å². The molecule has 0 saturated carbocycles. The SMILES string of the molecule is CC(C)c1ccc(NC(=O)CSc2nc3ccccc3c(=O)n2-c2ccccc2C(C)C)cc1. The largest absolute Gasteiger partial charge is 0.325 e. The van der Waals surface area contributed by atoms with E-state index in [0.29, 0.717) is 22.0 Å². The van der Waals surface area contributed by atoms with Crippen molar-refractivity contribution in [1.29, 1.82) is 0 Å². The molecule has 6 heteroatoms. The third kappa shape index (κ3) is 5.07. The number of hydrogen-bond acceptors (Lipinski definition) is 4. The summed E-state index contributed by atoms with van der Waals surface area (Å²) in [5, 5.41) is 4.00. The zero-order chi connectivity index (χ0) is 24.2. The first-order valence-electron chi connectivity index (χ1n) is 11.5. The Morgan fingerprint density at radius 1 is 0.912 bits per heavy atom. The second-order valence-electron chi connectivity index (χ2n) is 8.88.